The largest absolute Gasteiger partial charge is 0.393 e. The third-order valence-corrected chi connectivity index (χ3v) is 3.15. The number of nitrogen functional groups attached to an aromatic ring is 1. The third-order valence-electron chi connectivity index (χ3n) is 3.15. The summed E-state index contributed by atoms with van der Waals surface area (Å²) in [5, 5.41) is 9.13. The fourth-order valence-corrected chi connectivity index (χ4v) is 2.10. The van der Waals surface area contributed by atoms with Gasteiger partial charge in [0, 0.05) is 22.9 Å². The summed E-state index contributed by atoms with van der Waals surface area (Å²) in [7, 11) is 0. The quantitative estimate of drug-likeness (QED) is 0.879. The van der Waals surface area contributed by atoms with Crippen LogP contribution in [0.1, 0.15) is 11.8 Å². The molecule has 6 nitrogen and oxygen atoms in total. The summed E-state index contributed by atoms with van der Waals surface area (Å²) in [6.45, 7) is -0.613. The summed E-state index contributed by atoms with van der Waals surface area (Å²) >= 11 is 0. The number of rotatable bonds is 3. The Morgan fingerprint density at radius 2 is 2.05 bits per heavy atom. The number of nitrogens with zero attached hydrogens (tertiary/aromatic N) is 2. The summed E-state index contributed by atoms with van der Waals surface area (Å²) in [5.74, 6) is -0.223. The highest BCUT2D eigenvalue weighted by Gasteiger charge is 2.37. The summed E-state index contributed by atoms with van der Waals surface area (Å²) in [4.78, 5) is 15.4. The lowest BCUT2D eigenvalue weighted by atomic mass is 10.1. The van der Waals surface area contributed by atoms with Crippen molar-refractivity contribution < 1.29 is 23.0 Å². The molecule has 0 saturated carbocycles. The van der Waals surface area contributed by atoms with Gasteiger partial charge in [0.2, 0.25) is 0 Å². The van der Waals surface area contributed by atoms with Crippen molar-refractivity contribution in [1.82, 2.24) is 9.55 Å². The Bertz CT molecular complexity index is 712. The molecule has 0 bridgehead atoms. The van der Waals surface area contributed by atoms with Gasteiger partial charge in [-0.1, -0.05) is 0 Å². The van der Waals surface area contributed by atoms with Crippen molar-refractivity contribution in [3.63, 3.8) is 0 Å². The molecule has 2 unspecified atom stereocenters. The highest BCUT2D eigenvalue weighted by molar-refractivity contribution is 5.59. The molecule has 118 valence electrons. The first kappa shape index (κ1) is 16.0. The van der Waals surface area contributed by atoms with Gasteiger partial charge in [0.25, 0.3) is 0 Å². The SMILES string of the molecule is Nc1nc(=O)n(C2OC(CO)C(=C/F)/C2=C\F)cc1/C=C\F. The second kappa shape index (κ2) is 6.58. The van der Waals surface area contributed by atoms with Crippen LogP contribution in [0, 0.1) is 0 Å². The summed E-state index contributed by atoms with van der Waals surface area (Å²) in [6.07, 6.45) is -0.0963. The van der Waals surface area contributed by atoms with Crippen LogP contribution in [0.25, 0.3) is 6.08 Å². The number of nitrogens with two attached hydrogens (primary N) is 1. The van der Waals surface area contributed by atoms with E-state index in [-0.39, 0.29) is 41.5 Å². The fourth-order valence-electron chi connectivity index (χ4n) is 2.10. The second-order valence-electron chi connectivity index (χ2n) is 4.35. The zero-order valence-corrected chi connectivity index (χ0v) is 11.1. The van der Waals surface area contributed by atoms with Gasteiger partial charge in [-0.15, -0.1) is 0 Å². The van der Waals surface area contributed by atoms with Gasteiger partial charge in [-0.25, -0.2) is 18.0 Å². The van der Waals surface area contributed by atoms with Gasteiger partial charge in [0.1, 0.15) is 11.9 Å². The molecule has 0 spiro atoms. The Morgan fingerprint density at radius 1 is 1.36 bits per heavy atom. The molecular formula is C13H12F3N3O3. The molecule has 22 heavy (non-hydrogen) atoms. The molecule has 0 radical (unpaired) electrons. The molecule has 2 atom stereocenters. The molecule has 0 amide bonds. The zero-order valence-electron chi connectivity index (χ0n) is 11.1. The molecule has 1 saturated heterocycles. The minimum atomic E-state index is -1.35. The van der Waals surface area contributed by atoms with E-state index in [1.165, 1.54) is 0 Å². The standard InChI is InChI=1S/C13H12F3N3O3/c14-2-1-7-5-19(13(21)18-11(7)17)12-9(4-16)8(3-15)10(6-20)22-12/h1-5,10,12,20H,6H2,(H2,17,18,21)/b2-1-,8-3+,9-4+. The minimum Gasteiger partial charge on any atom is -0.393 e. The Kier molecular flexibility index (Phi) is 4.78. The van der Waals surface area contributed by atoms with E-state index in [0.717, 1.165) is 16.8 Å². The Labute approximate surface area is 122 Å². The Morgan fingerprint density at radius 3 is 2.59 bits per heavy atom. The van der Waals surface area contributed by atoms with Crippen molar-refractivity contribution in [2.45, 2.75) is 12.3 Å². The van der Waals surface area contributed by atoms with E-state index < -0.39 is 24.6 Å². The normalized spacial score (nSPS) is 25.6. The maximum Gasteiger partial charge on any atom is 0.351 e. The summed E-state index contributed by atoms with van der Waals surface area (Å²) < 4.78 is 44.3. The molecule has 1 aliphatic heterocycles. The first-order valence-electron chi connectivity index (χ1n) is 6.10. The first-order valence-corrected chi connectivity index (χ1v) is 6.10. The molecular weight excluding hydrogens is 303 g/mol. The lowest BCUT2D eigenvalue weighted by Gasteiger charge is -2.15. The Hall–Kier alpha value is -2.39. The van der Waals surface area contributed by atoms with Gasteiger partial charge in [-0.05, 0) is 6.08 Å². The van der Waals surface area contributed by atoms with Crippen LogP contribution in [-0.2, 0) is 4.74 Å². The van der Waals surface area contributed by atoms with Crippen LogP contribution >= 0.6 is 0 Å². The Balaban J connectivity index is 2.56. The number of halogens is 3. The van der Waals surface area contributed by atoms with Gasteiger partial charge in [-0.2, -0.15) is 4.98 Å². The number of hydrogen-bond acceptors (Lipinski definition) is 5. The van der Waals surface area contributed by atoms with Crippen molar-refractivity contribution in [2.75, 3.05) is 12.3 Å². The average molecular weight is 315 g/mol. The highest BCUT2D eigenvalue weighted by atomic mass is 19.1. The van der Waals surface area contributed by atoms with Crippen molar-refractivity contribution in [3.05, 3.63) is 52.4 Å². The van der Waals surface area contributed by atoms with Crippen LogP contribution in [0.3, 0.4) is 0 Å². The number of ether oxygens (including phenoxy) is 1. The van der Waals surface area contributed by atoms with Crippen LogP contribution in [0.2, 0.25) is 0 Å². The van der Waals surface area contributed by atoms with E-state index in [9.17, 15) is 18.0 Å². The van der Waals surface area contributed by atoms with Crippen LogP contribution in [0.15, 0.2) is 41.1 Å². The highest BCUT2D eigenvalue weighted by Crippen LogP contribution is 2.38. The van der Waals surface area contributed by atoms with Crippen LogP contribution in [-0.4, -0.2) is 27.4 Å². The second-order valence-corrected chi connectivity index (χ2v) is 4.35. The molecule has 1 aromatic rings. The molecule has 2 rings (SSSR count). The zero-order chi connectivity index (χ0) is 16.3. The van der Waals surface area contributed by atoms with Gasteiger partial charge >= 0.3 is 5.69 Å². The van der Waals surface area contributed by atoms with Crippen molar-refractivity contribution in [2.24, 2.45) is 0 Å². The molecule has 0 aliphatic carbocycles. The summed E-state index contributed by atoms with van der Waals surface area (Å²) in [6, 6.07) is 0. The van der Waals surface area contributed by atoms with Gasteiger partial charge < -0.3 is 15.6 Å². The van der Waals surface area contributed by atoms with Crippen molar-refractivity contribution in [1.29, 1.82) is 0 Å². The smallest absolute Gasteiger partial charge is 0.351 e. The molecule has 3 N–H and O–H groups in total. The molecule has 9 heteroatoms. The van der Waals surface area contributed by atoms with E-state index >= 15 is 0 Å². The average Bonchev–Trinajstić information content (AvgIpc) is 2.87. The number of aromatic nitrogens is 2. The van der Waals surface area contributed by atoms with Crippen molar-refractivity contribution >= 4 is 11.9 Å². The number of anilines is 1. The molecule has 1 aromatic heterocycles. The van der Waals surface area contributed by atoms with Crippen LogP contribution in [0.5, 0.6) is 0 Å². The topological polar surface area (TPSA) is 90.4 Å². The van der Waals surface area contributed by atoms with Gasteiger partial charge in [0.15, 0.2) is 6.23 Å². The van der Waals surface area contributed by atoms with E-state index in [1.54, 1.807) is 0 Å². The van der Waals surface area contributed by atoms with Crippen LogP contribution < -0.4 is 11.4 Å². The van der Waals surface area contributed by atoms with Crippen LogP contribution in [0.4, 0.5) is 19.0 Å². The molecule has 0 aromatic carbocycles. The van der Waals surface area contributed by atoms with E-state index in [2.05, 4.69) is 4.98 Å². The fraction of sp³-hybridized carbons (Fsp3) is 0.231. The maximum absolute atomic E-state index is 13.1. The number of aliphatic hydroxyl groups is 1. The lowest BCUT2D eigenvalue weighted by molar-refractivity contribution is -0.00860. The van der Waals surface area contributed by atoms with Gasteiger partial charge in [0.05, 0.1) is 25.6 Å². The predicted molar refractivity (Wildman–Crippen MR) is 72.4 cm³/mol. The molecule has 2 heterocycles. The monoisotopic (exact) mass is 315 g/mol. The van der Waals surface area contributed by atoms with E-state index in [0.29, 0.717) is 0 Å². The summed E-state index contributed by atoms with van der Waals surface area (Å²) in [5.41, 5.74) is 4.11. The molecule has 1 fully saturated rings. The van der Waals surface area contributed by atoms with Crippen molar-refractivity contribution in [3.8, 4) is 0 Å². The number of hydrogen-bond donors (Lipinski definition) is 2. The molecule has 1 aliphatic rings. The van der Waals surface area contributed by atoms with Gasteiger partial charge in [-0.3, -0.25) is 4.57 Å². The minimum absolute atomic E-state index is 0.0575. The first-order chi connectivity index (χ1) is 10.6. The third kappa shape index (κ3) is 2.68. The number of aliphatic hydroxyl groups excluding tert-OH is 1. The van der Waals surface area contributed by atoms with E-state index in [1.807, 2.05) is 0 Å². The van der Waals surface area contributed by atoms with E-state index in [4.69, 9.17) is 15.6 Å². The predicted octanol–water partition coefficient (Wildman–Crippen LogP) is 1.36. The maximum atomic E-state index is 13.1. The lowest BCUT2D eigenvalue weighted by Crippen LogP contribution is -2.29.